The summed E-state index contributed by atoms with van der Waals surface area (Å²) in [5.74, 6) is -1.43. The Morgan fingerprint density at radius 1 is 1.09 bits per heavy atom. The van der Waals surface area contributed by atoms with E-state index in [1.807, 2.05) is 46.7 Å². The third-order valence-electron chi connectivity index (χ3n) is 6.06. The van der Waals surface area contributed by atoms with Gasteiger partial charge < -0.3 is 20.6 Å². The fourth-order valence-electron chi connectivity index (χ4n) is 4.55. The van der Waals surface area contributed by atoms with Crippen molar-refractivity contribution in [2.75, 3.05) is 23.3 Å². The van der Waals surface area contributed by atoms with Crippen molar-refractivity contribution in [1.82, 2.24) is 5.32 Å². The predicted octanol–water partition coefficient (Wildman–Crippen LogP) is 2.92. The van der Waals surface area contributed by atoms with Gasteiger partial charge in [0, 0.05) is 35.5 Å². The van der Waals surface area contributed by atoms with Gasteiger partial charge in [-0.3, -0.25) is 14.4 Å². The first-order valence-corrected chi connectivity index (χ1v) is 11.6. The van der Waals surface area contributed by atoms with Crippen LogP contribution in [0.1, 0.15) is 35.6 Å². The van der Waals surface area contributed by atoms with E-state index in [9.17, 15) is 19.5 Å². The molecule has 1 atom stereocenters. The zero-order valence-corrected chi connectivity index (χ0v) is 18.2. The Morgan fingerprint density at radius 3 is 2.72 bits per heavy atom. The van der Waals surface area contributed by atoms with Gasteiger partial charge in [0.05, 0.1) is 11.8 Å². The number of carbonyl (C=O) groups excluding carboxylic acids is 3. The molecule has 7 nitrogen and oxygen atoms in total. The van der Waals surface area contributed by atoms with Gasteiger partial charge in [-0.15, -0.1) is 11.3 Å². The van der Waals surface area contributed by atoms with Gasteiger partial charge in [-0.2, -0.15) is 0 Å². The lowest BCUT2D eigenvalue weighted by Crippen LogP contribution is -2.39. The Bertz CT molecular complexity index is 1220. The smallest absolute Gasteiger partial charge is 0.313 e. The molecule has 5 rings (SSSR count). The van der Waals surface area contributed by atoms with Crippen molar-refractivity contribution in [2.45, 2.75) is 31.8 Å². The highest BCUT2D eigenvalue weighted by atomic mass is 32.1. The second kappa shape index (κ2) is 8.37. The molecule has 2 aliphatic rings. The number of aryl methyl sites for hydroxylation is 2. The Kier molecular flexibility index (Phi) is 5.40. The molecule has 0 fully saturated rings. The van der Waals surface area contributed by atoms with Gasteiger partial charge in [0.2, 0.25) is 5.91 Å². The van der Waals surface area contributed by atoms with Gasteiger partial charge in [0.25, 0.3) is 0 Å². The maximum absolute atomic E-state index is 12.5. The molecular formula is C24H23N3O4S. The third kappa shape index (κ3) is 3.76. The summed E-state index contributed by atoms with van der Waals surface area (Å²) in [6.07, 6.45) is 1.90. The first-order valence-electron chi connectivity index (χ1n) is 10.7. The molecule has 0 saturated carbocycles. The van der Waals surface area contributed by atoms with Crippen molar-refractivity contribution in [3.63, 3.8) is 0 Å². The van der Waals surface area contributed by atoms with Crippen LogP contribution in [0.4, 0.5) is 11.4 Å². The number of anilines is 2. The lowest BCUT2D eigenvalue weighted by atomic mass is 9.91. The van der Waals surface area contributed by atoms with Gasteiger partial charge in [-0.1, -0.05) is 18.2 Å². The quantitative estimate of drug-likeness (QED) is 0.534. The first-order chi connectivity index (χ1) is 15.5. The number of hydrogen-bond acceptors (Lipinski definition) is 5. The molecule has 0 radical (unpaired) electrons. The number of aliphatic hydroxyl groups excluding tert-OH is 1. The highest BCUT2D eigenvalue weighted by Crippen LogP contribution is 2.38. The van der Waals surface area contributed by atoms with Gasteiger partial charge >= 0.3 is 11.8 Å². The van der Waals surface area contributed by atoms with E-state index in [-0.39, 0.29) is 12.5 Å². The summed E-state index contributed by atoms with van der Waals surface area (Å²) in [7, 11) is 0. The summed E-state index contributed by atoms with van der Waals surface area (Å²) in [5.41, 5.74) is 4.31. The van der Waals surface area contributed by atoms with Crippen LogP contribution in [0.5, 0.6) is 0 Å². The van der Waals surface area contributed by atoms with Gasteiger partial charge in [-0.25, -0.2) is 0 Å². The number of aliphatic hydroxyl groups is 1. The number of carbonyl (C=O) groups is 3. The maximum Gasteiger partial charge on any atom is 0.313 e. The van der Waals surface area contributed by atoms with Crippen molar-refractivity contribution < 1.29 is 19.5 Å². The molecule has 3 aromatic rings. The summed E-state index contributed by atoms with van der Waals surface area (Å²) < 4.78 is 1.06. The largest absolute Gasteiger partial charge is 0.387 e. The monoisotopic (exact) mass is 449 g/mol. The Labute approximate surface area is 189 Å². The molecule has 0 bridgehead atoms. The number of rotatable bonds is 4. The normalized spacial score (nSPS) is 15.9. The van der Waals surface area contributed by atoms with Crippen molar-refractivity contribution in [3.8, 4) is 0 Å². The van der Waals surface area contributed by atoms with E-state index in [0.29, 0.717) is 18.5 Å². The van der Waals surface area contributed by atoms with E-state index in [1.54, 1.807) is 0 Å². The number of amides is 3. The highest BCUT2D eigenvalue weighted by Gasteiger charge is 2.30. The van der Waals surface area contributed by atoms with Crippen LogP contribution in [-0.4, -0.2) is 35.9 Å². The molecule has 8 heteroatoms. The summed E-state index contributed by atoms with van der Waals surface area (Å²) in [4.78, 5) is 38.8. The van der Waals surface area contributed by atoms with Crippen LogP contribution in [0.2, 0.25) is 0 Å². The number of fused-ring (bicyclic) bond motifs is 1. The molecule has 164 valence electrons. The van der Waals surface area contributed by atoms with E-state index in [2.05, 4.69) is 10.6 Å². The van der Waals surface area contributed by atoms with Crippen LogP contribution < -0.4 is 15.5 Å². The molecule has 3 amide bonds. The average molecular weight is 450 g/mol. The van der Waals surface area contributed by atoms with Crippen LogP contribution in [0, 0.1) is 0 Å². The predicted molar refractivity (Wildman–Crippen MR) is 124 cm³/mol. The Morgan fingerprint density at radius 2 is 1.88 bits per heavy atom. The van der Waals surface area contributed by atoms with E-state index >= 15 is 0 Å². The molecule has 32 heavy (non-hydrogen) atoms. The molecule has 0 aliphatic carbocycles. The lowest BCUT2D eigenvalue weighted by Gasteiger charge is -2.35. The standard InChI is InChI=1S/C24H23N3O4S/c28-19(18-13-32-20-6-2-1-5-17(18)20)12-25-23(30)24(31)26-16-10-14-4-3-9-27-21(29)8-7-15(11-16)22(14)27/h1-2,5-6,10-11,13,19,28H,3-4,7-9,12H2,(H,25,30)(H,26,31). The SMILES string of the molecule is O=C(NCC(O)c1csc2ccccc12)C(=O)Nc1cc2c3c(c1)CCC(=O)N3CCC2. The molecule has 3 heterocycles. The second-order valence-corrected chi connectivity index (χ2v) is 9.07. The van der Waals surface area contributed by atoms with Crippen LogP contribution >= 0.6 is 11.3 Å². The van der Waals surface area contributed by atoms with E-state index < -0.39 is 17.9 Å². The van der Waals surface area contributed by atoms with Gasteiger partial charge in [0.1, 0.15) is 0 Å². The lowest BCUT2D eigenvalue weighted by molar-refractivity contribution is -0.136. The summed E-state index contributed by atoms with van der Waals surface area (Å²) in [6.45, 7) is 0.675. The van der Waals surface area contributed by atoms with Gasteiger partial charge in [0.15, 0.2) is 0 Å². The molecule has 1 aromatic heterocycles. The number of hydrogen-bond donors (Lipinski definition) is 3. The third-order valence-corrected chi connectivity index (χ3v) is 7.05. The molecule has 1 unspecified atom stereocenters. The van der Waals surface area contributed by atoms with Crippen molar-refractivity contribution in [3.05, 3.63) is 58.5 Å². The minimum absolute atomic E-state index is 0.0561. The zero-order chi connectivity index (χ0) is 22.2. The van der Waals surface area contributed by atoms with Crippen LogP contribution in [0.15, 0.2) is 41.8 Å². The fourth-order valence-corrected chi connectivity index (χ4v) is 5.56. The topological polar surface area (TPSA) is 98.7 Å². The molecule has 3 N–H and O–H groups in total. The minimum Gasteiger partial charge on any atom is -0.387 e. The number of nitrogens with one attached hydrogen (secondary N) is 2. The number of benzene rings is 2. The molecular weight excluding hydrogens is 426 g/mol. The van der Waals surface area contributed by atoms with Crippen molar-refractivity contribution in [2.24, 2.45) is 0 Å². The summed E-state index contributed by atoms with van der Waals surface area (Å²) in [5, 5.41) is 18.5. The molecule has 0 saturated heterocycles. The number of thiophene rings is 1. The van der Waals surface area contributed by atoms with E-state index in [1.165, 1.54) is 11.3 Å². The number of nitrogens with zero attached hydrogens (tertiary/aromatic N) is 1. The Balaban J connectivity index is 1.24. The van der Waals surface area contributed by atoms with Crippen LogP contribution in [0.3, 0.4) is 0 Å². The average Bonchev–Trinajstić information content (AvgIpc) is 3.24. The van der Waals surface area contributed by atoms with Crippen molar-refractivity contribution >= 4 is 50.5 Å². The summed E-state index contributed by atoms with van der Waals surface area (Å²) >= 11 is 1.53. The molecule has 0 spiro atoms. The molecule has 2 aliphatic heterocycles. The Hall–Kier alpha value is -3.23. The molecule has 2 aromatic carbocycles. The van der Waals surface area contributed by atoms with Gasteiger partial charge in [-0.05, 0) is 59.4 Å². The minimum atomic E-state index is -0.903. The highest BCUT2D eigenvalue weighted by molar-refractivity contribution is 7.17. The first kappa shape index (κ1) is 20.7. The van der Waals surface area contributed by atoms with Crippen molar-refractivity contribution in [1.29, 1.82) is 0 Å². The van der Waals surface area contributed by atoms with E-state index in [0.717, 1.165) is 51.9 Å². The fraction of sp³-hybridized carbons (Fsp3) is 0.292. The maximum atomic E-state index is 12.5. The van der Waals surface area contributed by atoms with Crippen LogP contribution in [0.25, 0.3) is 10.1 Å². The van der Waals surface area contributed by atoms with E-state index in [4.69, 9.17) is 0 Å². The summed E-state index contributed by atoms with van der Waals surface area (Å²) in [6, 6.07) is 11.4. The second-order valence-electron chi connectivity index (χ2n) is 8.16. The zero-order valence-electron chi connectivity index (χ0n) is 17.4. The van der Waals surface area contributed by atoms with Crippen LogP contribution in [-0.2, 0) is 27.2 Å².